The molecular formula is C29H26F3N5O4. The maximum atomic E-state index is 14.0. The molecule has 2 unspecified atom stereocenters. The first kappa shape index (κ1) is 29.3. The molecule has 212 valence electrons. The standard InChI is InChI=1S/C29H26F3N5O4/c1-18-26(34-2)24(20-8-6-19(17-33)7-9-20)25(27(39)35-11-10-23(38)36-12-14-41-15-13-36)28(40)37(18)22-5-3-4-21(16-22)29(30,31)32/h3-9,16,24-25H,10-15H2,1H3,(H,35,39). The molecule has 0 radical (unpaired) electrons. The quantitative estimate of drug-likeness (QED) is 0.423. The number of nitrogens with zero attached hydrogens (tertiary/aromatic N) is 4. The van der Waals surface area contributed by atoms with Crippen molar-refractivity contribution in [1.82, 2.24) is 10.2 Å². The number of carbonyl (C=O) groups is 3. The van der Waals surface area contributed by atoms with E-state index in [-0.39, 0.29) is 36.0 Å². The van der Waals surface area contributed by atoms with Gasteiger partial charge in [-0.05, 0) is 42.8 Å². The van der Waals surface area contributed by atoms with Crippen molar-refractivity contribution in [2.75, 3.05) is 37.7 Å². The highest BCUT2D eigenvalue weighted by Gasteiger charge is 2.47. The second-order valence-electron chi connectivity index (χ2n) is 9.53. The molecule has 41 heavy (non-hydrogen) atoms. The summed E-state index contributed by atoms with van der Waals surface area (Å²) in [7, 11) is 0. The number of halogens is 3. The highest BCUT2D eigenvalue weighted by molar-refractivity contribution is 6.12. The number of ether oxygens (including phenoxy) is 1. The Morgan fingerprint density at radius 1 is 1.17 bits per heavy atom. The maximum Gasteiger partial charge on any atom is 0.416 e. The molecule has 2 heterocycles. The molecule has 1 fully saturated rings. The summed E-state index contributed by atoms with van der Waals surface area (Å²) in [6.45, 7) is 10.9. The molecular weight excluding hydrogens is 539 g/mol. The lowest BCUT2D eigenvalue weighted by Crippen LogP contribution is -2.50. The summed E-state index contributed by atoms with van der Waals surface area (Å²) < 4.78 is 45.7. The minimum atomic E-state index is -4.68. The number of hydrogen-bond acceptors (Lipinski definition) is 5. The Kier molecular flexibility index (Phi) is 8.74. The fraction of sp³-hybridized carbons (Fsp3) is 0.345. The van der Waals surface area contributed by atoms with E-state index in [9.17, 15) is 32.8 Å². The fourth-order valence-corrected chi connectivity index (χ4v) is 4.99. The van der Waals surface area contributed by atoms with Gasteiger partial charge >= 0.3 is 6.18 Å². The predicted molar refractivity (Wildman–Crippen MR) is 141 cm³/mol. The zero-order chi connectivity index (χ0) is 29.7. The van der Waals surface area contributed by atoms with Crippen LogP contribution in [0.3, 0.4) is 0 Å². The molecule has 2 aliphatic heterocycles. The Bertz CT molecular complexity index is 1450. The zero-order valence-corrected chi connectivity index (χ0v) is 22.1. The summed E-state index contributed by atoms with van der Waals surface area (Å²) in [6.07, 6.45) is -4.71. The van der Waals surface area contributed by atoms with E-state index >= 15 is 0 Å². The third kappa shape index (κ3) is 6.23. The van der Waals surface area contributed by atoms with Crippen LogP contribution in [0.5, 0.6) is 0 Å². The van der Waals surface area contributed by atoms with Crippen LogP contribution in [0.25, 0.3) is 4.85 Å². The summed E-state index contributed by atoms with van der Waals surface area (Å²) in [5.74, 6) is -4.38. The highest BCUT2D eigenvalue weighted by Crippen LogP contribution is 2.43. The minimum absolute atomic E-state index is 0.00346. The number of hydrogen-bond donors (Lipinski definition) is 1. The third-order valence-corrected chi connectivity index (χ3v) is 7.06. The summed E-state index contributed by atoms with van der Waals surface area (Å²) in [5.41, 5.74) is -0.301. The molecule has 2 aromatic rings. The van der Waals surface area contributed by atoms with Crippen LogP contribution in [-0.4, -0.2) is 55.5 Å². The van der Waals surface area contributed by atoms with Crippen molar-refractivity contribution < 1.29 is 32.3 Å². The first-order valence-electron chi connectivity index (χ1n) is 12.8. The van der Waals surface area contributed by atoms with Crippen molar-refractivity contribution in [2.45, 2.75) is 25.4 Å². The van der Waals surface area contributed by atoms with Crippen LogP contribution in [0.1, 0.15) is 36.0 Å². The Balaban J connectivity index is 1.70. The van der Waals surface area contributed by atoms with Gasteiger partial charge in [-0.1, -0.05) is 18.2 Å². The number of carbonyl (C=O) groups excluding carboxylic acids is 3. The molecule has 3 amide bonds. The average Bonchev–Trinajstić information content (AvgIpc) is 2.97. The van der Waals surface area contributed by atoms with Gasteiger partial charge in [0.25, 0.3) is 0 Å². The van der Waals surface area contributed by atoms with Gasteiger partial charge in [0.15, 0.2) is 5.70 Å². The molecule has 2 aliphatic rings. The summed E-state index contributed by atoms with van der Waals surface area (Å²) in [6, 6.07) is 12.1. The molecule has 4 rings (SSSR count). The van der Waals surface area contributed by atoms with Gasteiger partial charge in [0, 0.05) is 43.4 Å². The van der Waals surface area contributed by atoms with E-state index in [0.29, 0.717) is 37.4 Å². The largest absolute Gasteiger partial charge is 0.416 e. The smallest absolute Gasteiger partial charge is 0.378 e. The first-order chi connectivity index (χ1) is 19.6. The van der Waals surface area contributed by atoms with Crippen molar-refractivity contribution in [1.29, 1.82) is 5.26 Å². The predicted octanol–water partition coefficient (Wildman–Crippen LogP) is 3.84. The normalized spacial score (nSPS) is 19.4. The van der Waals surface area contributed by atoms with Gasteiger partial charge in [0.1, 0.15) is 5.92 Å². The second kappa shape index (κ2) is 12.2. The van der Waals surface area contributed by atoms with Gasteiger partial charge in [0.05, 0.1) is 37.0 Å². The summed E-state index contributed by atoms with van der Waals surface area (Å²) in [5, 5.41) is 11.8. The minimum Gasteiger partial charge on any atom is -0.378 e. The van der Waals surface area contributed by atoms with E-state index in [4.69, 9.17) is 11.3 Å². The van der Waals surface area contributed by atoms with Gasteiger partial charge in [-0.15, -0.1) is 0 Å². The van der Waals surface area contributed by atoms with Crippen LogP contribution in [0.2, 0.25) is 0 Å². The topological polar surface area (TPSA) is 107 Å². The lowest BCUT2D eigenvalue weighted by molar-refractivity contribution is -0.138. The SMILES string of the molecule is [C-]#[N+]C1=C(C)N(c2cccc(C(F)(F)F)c2)C(=O)C(C(=O)NCCC(=O)N2CCOCC2)C1c1ccc(C#N)cc1. The van der Waals surface area contributed by atoms with E-state index in [1.807, 2.05) is 6.07 Å². The summed E-state index contributed by atoms with van der Waals surface area (Å²) >= 11 is 0. The molecule has 9 nitrogen and oxygen atoms in total. The molecule has 0 saturated carbocycles. The molecule has 2 aromatic carbocycles. The number of alkyl halides is 3. The van der Waals surface area contributed by atoms with Gasteiger partial charge in [-0.2, -0.15) is 18.4 Å². The number of anilines is 1. The molecule has 1 N–H and O–H groups in total. The molecule has 0 spiro atoms. The number of amides is 3. The van der Waals surface area contributed by atoms with Crippen molar-refractivity contribution in [3.8, 4) is 6.07 Å². The second-order valence-corrected chi connectivity index (χ2v) is 9.53. The van der Waals surface area contributed by atoms with Crippen LogP contribution < -0.4 is 10.2 Å². The average molecular weight is 566 g/mol. The number of nitriles is 1. The summed E-state index contributed by atoms with van der Waals surface area (Å²) in [4.78, 5) is 46.3. The molecule has 12 heteroatoms. The van der Waals surface area contributed by atoms with Crippen molar-refractivity contribution in [3.05, 3.63) is 88.0 Å². The lowest BCUT2D eigenvalue weighted by atomic mass is 9.78. The van der Waals surface area contributed by atoms with Crippen LogP contribution in [0.15, 0.2) is 59.9 Å². The van der Waals surface area contributed by atoms with Crippen LogP contribution in [-0.2, 0) is 25.3 Å². The monoisotopic (exact) mass is 565 g/mol. The Morgan fingerprint density at radius 3 is 2.46 bits per heavy atom. The molecule has 0 aromatic heterocycles. The van der Waals surface area contributed by atoms with E-state index in [1.165, 1.54) is 37.3 Å². The number of allylic oxidation sites excluding steroid dienone is 2. The van der Waals surface area contributed by atoms with Crippen LogP contribution in [0.4, 0.5) is 18.9 Å². The van der Waals surface area contributed by atoms with E-state index < -0.39 is 35.4 Å². The van der Waals surface area contributed by atoms with Crippen molar-refractivity contribution in [2.24, 2.45) is 5.92 Å². The fourth-order valence-electron chi connectivity index (χ4n) is 4.99. The van der Waals surface area contributed by atoms with E-state index in [1.54, 1.807) is 4.90 Å². The molecule has 0 bridgehead atoms. The van der Waals surface area contributed by atoms with Crippen LogP contribution in [0, 0.1) is 23.8 Å². The highest BCUT2D eigenvalue weighted by atomic mass is 19.4. The first-order valence-corrected chi connectivity index (χ1v) is 12.8. The Hall–Kier alpha value is -4.68. The van der Waals surface area contributed by atoms with Gasteiger partial charge < -0.3 is 15.0 Å². The lowest BCUT2D eigenvalue weighted by Gasteiger charge is -2.38. The van der Waals surface area contributed by atoms with E-state index in [0.717, 1.165) is 23.1 Å². The van der Waals surface area contributed by atoms with Gasteiger partial charge in [0.2, 0.25) is 17.7 Å². The molecule has 0 aliphatic carbocycles. The third-order valence-electron chi connectivity index (χ3n) is 7.06. The number of morpholine rings is 1. The van der Waals surface area contributed by atoms with Gasteiger partial charge in [-0.25, -0.2) is 4.85 Å². The molecule has 2 atom stereocenters. The molecule has 1 saturated heterocycles. The Labute approximate surface area is 234 Å². The zero-order valence-electron chi connectivity index (χ0n) is 22.1. The van der Waals surface area contributed by atoms with Crippen LogP contribution >= 0.6 is 0 Å². The maximum absolute atomic E-state index is 14.0. The number of rotatable bonds is 6. The van der Waals surface area contributed by atoms with Crippen molar-refractivity contribution in [3.63, 3.8) is 0 Å². The number of benzene rings is 2. The Morgan fingerprint density at radius 2 is 1.85 bits per heavy atom. The van der Waals surface area contributed by atoms with Gasteiger partial charge in [-0.3, -0.25) is 19.3 Å². The van der Waals surface area contributed by atoms with Crippen molar-refractivity contribution >= 4 is 23.4 Å². The number of nitrogens with one attached hydrogen (secondary N) is 1. The van der Waals surface area contributed by atoms with E-state index in [2.05, 4.69) is 10.2 Å².